The molecule has 1 aromatic carbocycles. The highest BCUT2D eigenvalue weighted by atomic mass is 79.9. The highest BCUT2D eigenvalue weighted by Crippen LogP contribution is 2.24. The zero-order valence-electron chi connectivity index (χ0n) is 12.5. The Morgan fingerprint density at radius 1 is 1.50 bits per heavy atom. The van der Waals surface area contributed by atoms with Gasteiger partial charge in [-0.15, -0.1) is 0 Å². The molecule has 1 heterocycles. The van der Waals surface area contributed by atoms with Crippen molar-refractivity contribution in [3.63, 3.8) is 0 Å². The summed E-state index contributed by atoms with van der Waals surface area (Å²) in [6, 6.07) is 6.05. The fourth-order valence-corrected chi connectivity index (χ4v) is 3.36. The van der Waals surface area contributed by atoms with Crippen LogP contribution < -0.4 is 5.32 Å². The molecule has 1 fully saturated rings. The van der Waals surface area contributed by atoms with Crippen LogP contribution in [0.5, 0.6) is 0 Å². The van der Waals surface area contributed by atoms with E-state index in [1.165, 1.54) is 6.42 Å². The lowest BCUT2D eigenvalue weighted by Crippen LogP contribution is -2.57. The Labute approximate surface area is 129 Å². The number of halogens is 2. The van der Waals surface area contributed by atoms with Gasteiger partial charge in [-0.2, -0.15) is 0 Å². The van der Waals surface area contributed by atoms with Gasteiger partial charge in [-0.25, -0.2) is 4.39 Å². The van der Waals surface area contributed by atoms with Crippen molar-refractivity contribution >= 4 is 15.9 Å². The molecule has 2 rings (SSSR count). The van der Waals surface area contributed by atoms with Gasteiger partial charge in [0.25, 0.3) is 0 Å². The summed E-state index contributed by atoms with van der Waals surface area (Å²) < 4.78 is 14.1. The Bertz CT molecular complexity index is 452. The van der Waals surface area contributed by atoms with Crippen molar-refractivity contribution in [3.05, 3.63) is 34.1 Å². The molecule has 3 atom stereocenters. The van der Waals surface area contributed by atoms with Crippen LogP contribution in [-0.2, 0) is 6.54 Å². The topological polar surface area (TPSA) is 15.3 Å². The van der Waals surface area contributed by atoms with Gasteiger partial charge in [-0.05, 0) is 30.5 Å². The number of nitrogens with one attached hydrogen (secondary N) is 1. The second-order valence-electron chi connectivity index (χ2n) is 5.93. The third-order valence-electron chi connectivity index (χ3n) is 4.34. The molecule has 0 bridgehead atoms. The van der Waals surface area contributed by atoms with Crippen molar-refractivity contribution < 1.29 is 4.39 Å². The molecule has 3 unspecified atom stereocenters. The number of nitrogens with zero attached hydrogens (tertiary/aromatic N) is 1. The first-order valence-electron chi connectivity index (χ1n) is 7.42. The molecule has 1 N–H and O–H groups in total. The third kappa shape index (κ3) is 3.80. The van der Waals surface area contributed by atoms with E-state index >= 15 is 0 Å². The van der Waals surface area contributed by atoms with Crippen LogP contribution in [0, 0.1) is 11.7 Å². The summed E-state index contributed by atoms with van der Waals surface area (Å²) in [7, 11) is 0. The van der Waals surface area contributed by atoms with Crippen LogP contribution in [0.4, 0.5) is 4.39 Å². The molecule has 112 valence electrons. The third-order valence-corrected chi connectivity index (χ3v) is 5.08. The van der Waals surface area contributed by atoms with Gasteiger partial charge >= 0.3 is 0 Å². The van der Waals surface area contributed by atoms with E-state index in [2.05, 4.69) is 46.9 Å². The van der Waals surface area contributed by atoms with Gasteiger partial charge in [0.15, 0.2) is 0 Å². The largest absolute Gasteiger partial charge is 0.311 e. The lowest BCUT2D eigenvalue weighted by atomic mass is 9.94. The summed E-state index contributed by atoms with van der Waals surface area (Å²) in [6.45, 7) is 9.74. The summed E-state index contributed by atoms with van der Waals surface area (Å²) >= 11 is 3.48. The Balaban J connectivity index is 2.14. The number of rotatable bonds is 4. The van der Waals surface area contributed by atoms with Gasteiger partial charge in [0.1, 0.15) is 5.82 Å². The normalized spacial score (nSPS) is 25.6. The molecule has 1 aromatic rings. The quantitative estimate of drug-likeness (QED) is 0.895. The lowest BCUT2D eigenvalue weighted by Gasteiger charge is -2.42. The molecule has 2 nitrogen and oxygen atoms in total. The van der Waals surface area contributed by atoms with Crippen LogP contribution in [0.15, 0.2) is 22.7 Å². The van der Waals surface area contributed by atoms with E-state index < -0.39 is 0 Å². The van der Waals surface area contributed by atoms with Gasteiger partial charge in [-0.1, -0.05) is 42.3 Å². The second kappa shape index (κ2) is 7.01. The molecule has 1 aliphatic rings. The van der Waals surface area contributed by atoms with Crippen molar-refractivity contribution in [2.45, 2.75) is 45.8 Å². The molecule has 0 aliphatic carbocycles. The molecular formula is C16H24BrFN2. The molecule has 1 saturated heterocycles. The van der Waals surface area contributed by atoms with Crippen molar-refractivity contribution in [1.29, 1.82) is 0 Å². The highest BCUT2D eigenvalue weighted by molar-refractivity contribution is 9.10. The van der Waals surface area contributed by atoms with E-state index in [1.54, 1.807) is 12.1 Å². The van der Waals surface area contributed by atoms with Gasteiger partial charge in [0.2, 0.25) is 0 Å². The van der Waals surface area contributed by atoms with Crippen LogP contribution in [0.3, 0.4) is 0 Å². The minimum absolute atomic E-state index is 0.187. The average Bonchev–Trinajstić information content (AvgIpc) is 2.41. The van der Waals surface area contributed by atoms with Crippen LogP contribution in [-0.4, -0.2) is 30.1 Å². The van der Waals surface area contributed by atoms with E-state index in [4.69, 9.17) is 0 Å². The summed E-state index contributed by atoms with van der Waals surface area (Å²) in [5, 5.41) is 3.57. The standard InChI is InChI=1S/C16H24BrFN2/c1-4-11(2)16-8-19-12(3)9-20(16)10-13-5-6-14(18)7-15(13)17/h5-7,11-12,16,19H,4,8-10H2,1-3H3. The molecule has 4 heteroatoms. The highest BCUT2D eigenvalue weighted by Gasteiger charge is 2.29. The minimum Gasteiger partial charge on any atom is -0.311 e. The lowest BCUT2D eigenvalue weighted by molar-refractivity contribution is 0.0883. The molecule has 0 spiro atoms. The van der Waals surface area contributed by atoms with Crippen molar-refractivity contribution in [3.8, 4) is 0 Å². The van der Waals surface area contributed by atoms with Gasteiger partial charge in [0.05, 0.1) is 0 Å². The maximum atomic E-state index is 13.2. The Kier molecular flexibility index (Phi) is 5.58. The van der Waals surface area contributed by atoms with Gasteiger partial charge in [-0.3, -0.25) is 4.90 Å². The number of benzene rings is 1. The van der Waals surface area contributed by atoms with Crippen LogP contribution in [0.1, 0.15) is 32.8 Å². The first-order chi connectivity index (χ1) is 9.51. The zero-order valence-corrected chi connectivity index (χ0v) is 14.1. The molecule has 1 aliphatic heterocycles. The number of piperazine rings is 1. The SMILES string of the molecule is CCC(C)C1CNC(C)CN1Cc1ccc(F)cc1Br. The van der Waals surface area contributed by atoms with E-state index in [0.717, 1.165) is 29.7 Å². The average molecular weight is 343 g/mol. The summed E-state index contributed by atoms with van der Waals surface area (Å²) in [5.41, 5.74) is 1.16. The van der Waals surface area contributed by atoms with E-state index in [1.807, 2.05) is 6.07 Å². The molecule has 0 radical (unpaired) electrons. The van der Waals surface area contributed by atoms with Crippen molar-refractivity contribution in [1.82, 2.24) is 10.2 Å². The molecular weight excluding hydrogens is 319 g/mol. The summed E-state index contributed by atoms with van der Waals surface area (Å²) in [6.07, 6.45) is 1.18. The Morgan fingerprint density at radius 3 is 2.90 bits per heavy atom. The van der Waals surface area contributed by atoms with Crippen molar-refractivity contribution in [2.75, 3.05) is 13.1 Å². The van der Waals surface area contributed by atoms with Gasteiger partial charge < -0.3 is 5.32 Å². The maximum Gasteiger partial charge on any atom is 0.124 e. The van der Waals surface area contributed by atoms with E-state index in [-0.39, 0.29) is 5.82 Å². The Morgan fingerprint density at radius 2 is 2.25 bits per heavy atom. The van der Waals surface area contributed by atoms with E-state index in [9.17, 15) is 4.39 Å². The summed E-state index contributed by atoms with van der Waals surface area (Å²) in [4.78, 5) is 2.54. The number of hydrogen-bond acceptors (Lipinski definition) is 2. The molecule has 20 heavy (non-hydrogen) atoms. The van der Waals surface area contributed by atoms with E-state index in [0.29, 0.717) is 18.0 Å². The smallest absolute Gasteiger partial charge is 0.124 e. The van der Waals surface area contributed by atoms with Crippen molar-refractivity contribution in [2.24, 2.45) is 5.92 Å². The first-order valence-corrected chi connectivity index (χ1v) is 8.22. The fraction of sp³-hybridized carbons (Fsp3) is 0.625. The minimum atomic E-state index is -0.187. The molecule has 0 saturated carbocycles. The van der Waals surface area contributed by atoms with Crippen LogP contribution in [0.25, 0.3) is 0 Å². The molecule has 0 aromatic heterocycles. The van der Waals surface area contributed by atoms with Crippen LogP contribution in [0.2, 0.25) is 0 Å². The number of hydrogen-bond donors (Lipinski definition) is 1. The Hall–Kier alpha value is -0.450. The maximum absolute atomic E-state index is 13.2. The van der Waals surface area contributed by atoms with Gasteiger partial charge in [0, 0.05) is 36.2 Å². The first kappa shape index (κ1) is 15.9. The fourth-order valence-electron chi connectivity index (χ4n) is 2.89. The summed E-state index contributed by atoms with van der Waals surface area (Å²) in [5.74, 6) is 0.474. The van der Waals surface area contributed by atoms with Crippen LogP contribution >= 0.6 is 15.9 Å². The second-order valence-corrected chi connectivity index (χ2v) is 6.78. The zero-order chi connectivity index (χ0) is 14.7. The monoisotopic (exact) mass is 342 g/mol. The molecule has 0 amide bonds. The predicted octanol–water partition coefficient (Wildman–Crippen LogP) is 3.80. The predicted molar refractivity (Wildman–Crippen MR) is 85.2 cm³/mol.